The summed E-state index contributed by atoms with van der Waals surface area (Å²) in [6, 6.07) is -1.47. The van der Waals surface area contributed by atoms with Gasteiger partial charge in [-0.2, -0.15) is 0 Å². The number of carboxylic acid groups (broad SMARTS) is 1. The van der Waals surface area contributed by atoms with Crippen LogP contribution in [0.15, 0.2) is 0 Å². The average Bonchev–Trinajstić information content (AvgIpc) is 2.29. The van der Waals surface area contributed by atoms with Gasteiger partial charge in [-0.05, 0) is 0 Å². The van der Waals surface area contributed by atoms with Crippen LogP contribution in [-0.2, 0) is 9.53 Å². The van der Waals surface area contributed by atoms with E-state index in [1.807, 2.05) is 0 Å². The van der Waals surface area contributed by atoms with Crippen LogP contribution >= 0.6 is 0 Å². The van der Waals surface area contributed by atoms with Gasteiger partial charge >= 0.3 is 12.0 Å². The van der Waals surface area contributed by atoms with Crippen LogP contribution in [-0.4, -0.2) is 66.1 Å². The Kier molecular flexibility index (Phi) is 5.00. The van der Waals surface area contributed by atoms with E-state index in [0.29, 0.717) is 26.3 Å². The third kappa shape index (κ3) is 3.67. The molecule has 0 aromatic carbocycles. The van der Waals surface area contributed by atoms with E-state index in [2.05, 4.69) is 5.32 Å². The molecular weight excluding hydrogens is 216 g/mol. The predicted octanol–water partition coefficient (Wildman–Crippen LogP) is -1.14. The Morgan fingerprint density at radius 1 is 1.38 bits per heavy atom. The largest absolute Gasteiger partial charge is 0.480 e. The number of carboxylic acids is 1. The normalized spacial score (nSPS) is 17.9. The molecule has 92 valence electrons. The maximum Gasteiger partial charge on any atom is 0.326 e. The highest BCUT2D eigenvalue weighted by Crippen LogP contribution is 1.99. The molecule has 7 nitrogen and oxygen atoms in total. The van der Waals surface area contributed by atoms with Crippen molar-refractivity contribution in [3.63, 3.8) is 0 Å². The number of hydrogen-bond donors (Lipinski definition) is 3. The van der Waals surface area contributed by atoms with Gasteiger partial charge in [0.05, 0.1) is 13.2 Å². The third-order valence-electron chi connectivity index (χ3n) is 2.31. The molecule has 1 aliphatic rings. The topological polar surface area (TPSA) is 99.1 Å². The Morgan fingerprint density at radius 3 is 2.50 bits per heavy atom. The van der Waals surface area contributed by atoms with Gasteiger partial charge in [0.15, 0.2) is 0 Å². The molecule has 1 saturated heterocycles. The van der Waals surface area contributed by atoms with Gasteiger partial charge in [0, 0.05) is 26.1 Å². The minimum atomic E-state index is -1.14. The van der Waals surface area contributed by atoms with E-state index in [-0.39, 0.29) is 13.0 Å². The summed E-state index contributed by atoms with van der Waals surface area (Å²) in [7, 11) is 0. The molecular formula is C9H16N2O5. The van der Waals surface area contributed by atoms with E-state index in [9.17, 15) is 9.59 Å². The molecule has 2 amide bonds. The monoisotopic (exact) mass is 232 g/mol. The summed E-state index contributed by atoms with van der Waals surface area (Å²) in [5, 5.41) is 19.8. The SMILES string of the molecule is O=C(O)C(CCO)NC(=O)N1CCOCC1. The lowest BCUT2D eigenvalue weighted by molar-refractivity contribution is -0.139. The van der Waals surface area contributed by atoms with Gasteiger partial charge < -0.3 is 25.2 Å². The number of hydrogen-bond acceptors (Lipinski definition) is 4. The lowest BCUT2D eigenvalue weighted by atomic mass is 10.2. The van der Waals surface area contributed by atoms with Gasteiger partial charge in [-0.15, -0.1) is 0 Å². The second-order valence-electron chi connectivity index (χ2n) is 3.45. The zero-order valence-corrected chi connectivity index (χ0v) is 8.89. The maximum absolute atomic E-state index is 11.6. The first-order chi connectivity index (χ1) is 7.65. The number of morpholine rings is 1. The first-order valence-electron chi connectivity index (χ1n) is 5.12. The van der Waals surface area contributed by atoms with Crippen molar-refractivity contribution in [2.45, 2.75) is 12.5 Å². The van der Waals surface area contributed by atoms with Gasteiger partial charge in [-0.25, -0.2) is 9.59 Å². The molecule has 16 heavy (non-hydrogen) atoms. The van der Waals surface area contributed by atoms with Gasteiger partial charge in [-0.3, -0.25) is 0 Å². The van der Waals surface area contributed by atoms with E-state index in [1.54, 1.807) is 0 Å². The predicted molar refractivity (Wildman–Crippen MR) is 54.1 cm³/mol. The molecule has 0 aliphatic carbocycles. The fraction of sp³-hybridized carbons (Fsp3) is 0.778. The fourth-order valence-corrected chi connectivity index (χ4v) is 1.39. The smallest absolute Gasteiger partial charge is 0.326 e. The minimum absolute atomic E-state index is 0.00537. The molecule has 0 spiro atoms. The molecule has 1 heterocycles. The number of amides is 2. The zero-order valence-electron chi connectivity index (χ0n) is 8.89. The van der Waals surface area contributed by atoms with Gasteiger partial charge in [0.2, 0.25) is 0 Å². The molecule has 1 atom stereocenters. The summed E-state index contributed by atoms with van der Waals surface area (Å²) in [5.41, 5.74) is 0. The highest BCUT2D eigenvalue weighted by molar-refractivity contribution is 5.82. The number of rotatable bonds is 4. The molecule has 0 radical (unpaired) electrons. The number of nitrogens with one attached hydrogen (secondary N) is 1. The number of carbonyl (C=O) groups excluding carboxylic acids is 1. The number of aliphatic carboxylic acids is 1. The maximum atomic E-state index is 11.6. The lowest BCUT2D eigenvalue weighted by Crippen LogP contribution is -2.51. The van der Waals surface area contributed by atoms with Crippen LogP contribution < -0.4 is 5.32 Å². The number of carbonyl (C=O) groups is 2. The Bertz CT molecular complexity index is 252. The van der Waals surface area contributed by atoms with Crippen LogP contribution in [0.5, 0.6) is 0 Å². The van der Waals surface area contributed by atoms with Crippen LogP contribution in [0.4, 0.5) is 4.79 Å². The molecule has 1 rings (SSSR count). The van der Waals surface area contributed by atoms with E-state index in [1.165, 1.54) is 4.90 Å². The summed E-state index contributed by atoms with van der Waals surface area (Å²) < 4.78 is 5.07. The summed E-state index contributed by atoms with van der Waals surface area (Å²) in [6.07, 6.45) is 0.00537. The first-order valence-corrected chi connectivity index (χ1v) is 5.12. The Hall–Kier alpha value is -1.34. The molecule has 0 saturated carbocycles. The van der Waals surface area contributed by atoms with Crippen molar-refractivity contribution in [3.8, 4) is 0 Å². The van der Waals surface area contributed by atoms with Crippen molar-refractivity contribution >= 4 is 12.0 Å². The summed E-state index contributed by atoms with van der Waals surface area (Å²) >= 11 is 0. The highest BCUT2D eigenvalue weighted by Gasteiger charge is 2.23. The zero-order chi connectivity index (χ0) is 12.0. The van der Waals surface area contributed by atoms with E-state index >= 15 is 0 Å². The van der Waals surface area contributed by atoms with Crippen molar-refractivity contribution in [1.29, 1.82) is 0 Å². The molecule has 1 unspecified atom stereocenters. The summed E-state index contributed by atoms with van der Waals surface area (Å²) in [4.78, 5) is 23.8. The molecule has 0 bridgehead atoms. The Labute approximate surface area is 93.0 Å². The van der Waals surface area contributed by atoms with Gasteiger partial charge in [-0.1, -0.05) is 0 Å². The van der Waals surface area contributed by atoms with Crippen molar-refractivity contribution in [2.24, 2.45) is 0 Å². The molecule has 1 fully saturated rings. The molecule has 0 aromatic rings. The molecule has 0 aromatic heterocycles. The molecule has 1 aliphatic heterocycles. The Morgan fingerprint density at radius 2 is 2.00 bits per heavy atom. The molecule has 7 heteroatoms. The number of ether oxygens (including phenoxy) is 1. The van der Waals surface area contributed by atoms with E-state index in [4.69, 9.17) is 14.9 Å². The van der Waals surface area contributed by atoms with Crippen LogP contribution in [0.25, 0.3) is 0 Å². The van der Waals surface area contributed by atoms with E-state index < -0.39 is 18.0 Å². The van der Waals surface area contributed by atoms with Crippen LogP contribution in [0.2, 0.25) is 0 Å². The van der Waals surface area contributed by atoms with Crippen molar-refractivity contribution in [2.75, 3.05) is 32.9 Å². The van der Waals surface area contributed by atoms with Gasteiger partial charge in [0.25, 0.3) is 0 Å². The quantitative estimate of drug-likeness (QED) is 0.569. The minimum Gasteiger partial charge on any atom is -0.480 e. The van der Waals surface area contributed by atoms with Crippen LogP contribution in [0.3, 0.4) is 0 Å². The summed E-state index contributed by atoms with van der Waals surface area (Å²) in [5.74, 6) is -1.14. The number of aliphatic hydroxyl groups excluding tert-OH is 1. The van der Waals surface area contributed by atoms with E-state index in [0.717, 1.165) is 0 Å². The van der Waals surface area contributed by atoms with Crippen molar-refractivity contribution in [3.05, 3.63) is 0 Å². The van der Waals surface area contributed by atoms with Crippen LogP contribution in [0.1, 0.15) is 6.42 Å². The fourth-order valence-electron chi connectivity index (χ4n) is 1.39. The first kappa shape index (κ1) is 12.7. The van der Waals surface area contributed by atoms with Crippen molar-refractivity contribution < 1.29 is 24.5 Å². The van der Waals surface area contributed by atoms with Crippen molar-refractivity contribution in [1.82, 2.24) is 10.2 Å². The third-order valence-corrected chi connectivity index (χ3v) is 2.31. The number of nitrogens with zero attached hydrogens (tertiary/aromatic N) is 1. The number of aliphatic hydroxyl groups is 1. The standard InChI is InChI=1S/C9H16N2O5/c12-4-1-7(8(13)14)10-9(15)11-2-5-16-6-3-11/h7,12H,1-6H2,(H,10,15)(H,13,14). The van der Waals surface area contributed by atoms with Crippen LogP contribution in [0, 0.1) is 0 Å². The highest BCUT2D eigenvalue weighted by atomic mass is 16.5. The second kappa shape index (κ2) is 6.29. The molecule has 3 N–H and O–H groups in total. The second-order valence-corrected chi connectivity index (χ2v) is 3.45. The summed E-state index contributed by atoms with van der Waals surface area (Å²) in [6.45, 7) is 1.56. The Balaban J connectivity index is 2.43. The number of urea groups is 1. The lowest BCUT2D eigenvalue weighted by Gasteiger charge is -2.28. The average molecular weight is 232 g/mol. The van der Waals surface area contributed by atoms with Gasteiger partial charge in [0.1, 0.15) is 6.04 Å².